The Kier molecular flexibility index (Phi) is 6.83. The van der Waals surface area contributed by atoms with Gasteiger partial charge in [-0.1, -0.05) is 19.1 Å². The van der Waals surface area contributed by atoms with Gasteiger partial charge < -0.3 is 4.74 Å². The molecule has 1 heterocycles. The van der Waals surface area contributed by atoms with Crippen LogP contribution in [0.2, 0.25) is 0 Å². The Labute approximate surface area is 191 Å². The van der Waals surface area contributed by atoms with Crippen molar-refractivity contribution in [2.45, 2.75) is 26.4 Å². The number of Topliss-reactive ketones (excluding diaryl/α,β-unsaturated/α-hetero) is 1. The third-order valence-electron chi connectivity index (χ3n) is 5.35. The maximum atomic E-state index is 12.7. The Hall–Kier alpha value is -3.40. The number of nitro benzene ring substituents is 1. The molecule has 1 aliphatic rings. The molecular formula is C22H19BrN2O7. The van der Waals surface area contributed by atoms with E-state index < -0.39 is 34.7 Å². The first-order valence-electron chi connectivity index (χ1n) is 9.72. The fraction of sp³-hybridized carbons (Fsp3) is 0.273. The molecule has 10 heteroatoms. The van der Waals surface area contributed by atoms with Crippen LogP contribution in [0.25, 0.3) is 0 Å². The summed E-state index contributed by atoms with van der Waals surface area (Å²) in [6.45, 7) is 2.86. The number of nitro groups is 1. The summed E-state index contributed by atoms with van der Waals surface area (Å²) in [6.07, 6.45) is -0.916. The fourth-order valence-electron chi connectivity index (χ4n) is 3.36. The van der Waals surface area contributed by atoms with Crippen LogP contribution in [-0.2, 0) is 9.53 Å². The predicted molar refractivity (Wildman–Crippen MR) is 116 cm³/mol. The number of amides is 2. The summed E-state index contributed by atoms with van der Waals surface area (Å²) in [5.74, 6) is -2.73. The van der Waals surface area contributed by atoms with E-state index in [-0.39, 0.29) is 30.0 Å². The molecule has 166 valence electrons. The molecule has 3 rings (SSSR count). The first-order valence-corrected chi connectivity index (χ1v) is 10.5. The summed E-state index contributed by atoms with van der Waals surface area (Å²) < 4.78 is 5.82. The van der Waals surface area contributed by atoms with Crippen LogP contribution in [0.4, 0.5) is 5.69 Å². The zero-order valence-corrected chi connectivity index (χ0v) is 18.8. The lowest BCUT2D eigenvalue weighted by atomic mass is 9.97. The minimum absolute atomic E-state index is 0.0322. The topological polar surface area (TPSA) is 124 Å². The lowest BCUT2D eigenvalue weighted by molar-refractivity contribution is -0.384. The molecule has 2 aromatic rings. The monoisotopic (exact) mass is 502 g/mol. The van der Waals surface area contributed by atoms with Gasteiger partial charge in [0.25, 0.3) is 17.5 Å². The van der Waals surface area contributed by atoms with Crippen LogP contribution in [-0.4, -0.2) is 46.0 Å². The summed E-state index contributed by atoms with van der Waals surface area (Å²) in [4.78, 5) is 61.3. The number of hydrogen-bond acceptors (Lipinski definition) is 7. The molecule has 0 unspecified atom stereocenters. The Morgan fingerprint density at radius 2 is 1.72 bits per heavy atom. The highest BCUT2D eigenvalue weighted by Gasteiger charge is 2.36. The van der Waals surface area contributed by atoms with Crippen LogP contribution < -0.4 is 0 Å². The molecule has 9 nitrogen and oxygen atoms in total. The number of rotatable bonds is 8. The number of ether oxygens (including phenoxy) is 1. The fourth-order valence-corrected chi connectivity index (χ4v) is 3.76. The first-order chi connectivity index (χ1) is 15.1. The van der Waals surface area contributed by atoms with Crippen molar-refractivity contribution in [3.63, 3.8) is 0 Å². The molecule has 0 fully saturated rings. The third kappa shape index (κ3) is 4.59. The van der Waals surface area contributed by atoms with Crippen LogP contribution in [0.3, 0.4) is 0 Å². The van der Waals surface area contributed by atoms with Crippen LogP contribution in [0, 0.1) is 16.0 Å². The van der Waals surface area contributed by atoms with Crippen molar-refractivity contribution in [1.29, 1.82) is 0 Å². The molecule has 0 aliphatic carbocycles. The molecule has 1 aliphatic heterocycles. The molecule has 0 spiro atoms. The van der Waals surface area contributed by atoms with E-state index in [1.807, 2.05) is 0 Å². The lowest BCUT2D eigenvalue weighted by Gasteiger charge is -2.24. The van der Waals surface area contributed by atoms with Gasteiger partial charge in [-0.2, -0.15) is 0 Å². The normalized spacial score (nSPS) is 14.7. The summed E-state index contributed by atoms with van der Waals surface area (Å²) in [6, 6.07) is 10.1. The SMILES string of the molecule is CC(=O)[C@H](C)[C@H](CCN1C(=O)c2ccccc2C1=O)OC(=O)c1cc([N+](=O)[O-])ccc1Br. The number of benzene rings is 2. The molecule has 0 aromatic heterocycles. The molecule has 0 N–H and O–H groups in total. The standard InChI is InChI=1S/C22H19BrN2O7/c1-12(13(2)26)19(32-22(29)17-11-14(25(30)31)7-8-18(17)23)9-10-24-20(27)15-5-3-4-6-16(15)21(24)28/h3-8,11-12,19H,9-10H2,1-2H3/t12-,19-/m0/s1. The van der Waals surface area contributed by atoms with Gasteiger partial charge in [0.1, 0.15) is 11.9 Å². The second-order valence-corrected chi connectivity index (χ2v) is 8.21. The second kappa shape index (κ2) is 9.39. The van der Waals surface area contributed by atoms with Crippen molar-refractivity contribution in [3.8, 4) is 0 Å². The van der Waals surface area contributed by atoms with Crippen LogP contribution in [0.5, 0.6) is 0 Å². The van der Waals surface area contributed by atoms with Gasteiger partial charge in [0.05, 0.1) is 27.5 Å². The number of imide groups is 1. The van der Waals surface area contributed by atoms with Gasteiger partial charge in [-0.3, -0.25) is 29.4 Å². The van der Waals surface area contributed by atoms with Crippen LogP contribution in [0.1, 0.15) is 51.3 Å². The molecule has 2 atom stereocenters. The Bertz CT molecular complexity index is 1100. The van der Waals surface area contributed by atoms with Crippen molar-refractivity contribution >= 4 is 45.2 Å². The number of fused-ring (bicyclic) bond motifs is 1. The summed E-state index contributed by atoms with van der Waals surface area (Å²) in [5, 5.41) is 11.0. The summed E-state index contributed by atoms with van der Waals surface area (Å²) >= 11 is 3.17. The Morgan fingerprint density at radius 3 is 2.25 bits per heavy atom. The van der Waals surface area contributed by atoms with Gasteiger partial charge in [-0.05, 0) is 41.1 Å². The maximum absolute atomic E-state index is 12.7. The highest BCUT2D eigenvalue weighted by atomic mass is 79.9. The van der Waals surface area contributed by atoms with E-state index in [0.717, 1.165) is 11.0 Å². The van der Waals surface area contributed by atoms with E-state index >= 15 is 0 Å². The molecule has 2 aromatic carbocycles. The Morgan fingerprint density at radius 1 is 1.12 bits per heavy atom. The number of carbonyl (C=O) groups excluding carboxylic acids is 4. The number of ketones is 1. The van der Waals surface area contributed by atoms with Gasteiger partial charge in [-0.15, -0.1) is 0 Å². The van der Waals surface area contributed by atoms with Gasteiger partial charge in [0.2, 0.25) is 0 Å². The largest absolute Gasteiger partial charge is 0.458 e. The predicted octanol–water partition coefficient (Wildman–Crippen LogP) is 3.79. The second-order valence-electron chi connectivity index (χ2n) is 7.36. The molecule has 0 saturated heterocycles. The van der Waals surface area contributed by atoms with Gasteiger partial charge in [0.15, 0.2) is 0 Å². The summed E-state index contributed by atoms with van der Waals surface area (Å²) in [7, 11) is 0. The molecule has 2 amide bonds. The van der Waals surface area contributed by atoms with Gasteiger partial charge >= 0.3 is 5.97 Å². The zero-order valence-electron chi connectivity index (χ0n) is 17.2. The van der Waals surface area contributed by atoms with Crippen molar-refractivity contribution < 1.29 is 28.8 Å². The lowest BCUT2D eigenvalue weighted by Crippen LogP contribution is -2.37. The van der Waals surface area contributed by atoms with E-state index in [4.69, 9.17) is 4.74 Å². The number of non-ortho nitro benzene ring substituents is 1. The van der Waals surface area contributed by atoms with E-state index in [1.165, 1.54) is 19.1 Å². The summed E-state index contributed by atoms with van der Waals surface area (Å²) in [5.41, 5.74) is 0.236. The number of carbonyl (C=O) groups is 4. The maximum Gasteiger partial charge on any atom is 0.339 e. The smallest absolute Gasteiger partial charge is 0.339 e. The average Bonchev–Trinajstić information content (AvgIpc) is 3.00. The third-order valence-corrected chi connectivity index (χ3v) is 6.04. The minimum Gasteiger partial charge on any atom is -0.458 e. The number of esters is 1. The molecule has 32 heavy (non-hydrogen) atoms. The minimum atomic E-state index is -0.949. The highest BCUT2D eigenvalue weighted by molar-refractivity contribution is 9.10. The molecule has 0 saturated carbocycles. The quantitative estimate of drug-likeness (QED) is 0.232. The average molecular weight is 503 g/mol. The van der Waals surface area contributed by atoms with E-state index in [1.54, 1.807) is 31.2 Å². The van der Waals surface area contributed by atoms with Crippen molar-refractivity contribution in [2.75, 3.05) is 6.54 Å². The van der Waals surface area contributed by atoms with Crippen LogP contribution >= 0.6 is 15.9 Å². The van der Waals surface area contributed by atoms with Crippen molar-refractivity contribution in [1.82, 2.24) is 4.90 Å². The van der Waals surface area contributed by atoms with E-state index in [2.05, 4.69) is 15.9 Å². The van der Waals surface area contributed by atoms with Gasteiger partial charge in [-0.25, -0.2) is 4.79 Å². The molecular weight excluding hydrogens is 484 g/mol. The van der Waals surface area contributed by atoms with E-state index in [0.29, 0.717) is 15.6 Å². The van der Waals surface area contributed by atoms with Crippen molar-refractivity contribution in [3.05, 3.63) is 73.7 Å². The number of halogens is 1. The van der Waals surface area contributed by atoms with E-state index in [9.17, 15) is 29.3 Å². The highest BCUT2D eigenvalue weighted by Crippen LogP contribution is 2.27. The van der Waals surface area contributed by atoms with Crippen molar-refractivity contribution in [2.24, 2.45) is 5.92 Å². The first kappa shape index (κ1) is 23.3. The van der Waals surface area contributed by atoms with Gasteiger partial charge in [0, 0.05) is 29.6 Å². The number of hydrogen-bond donors (Lipinski definition) is 0. The Balaban J connectivity index is 1.78. The zero-order chi connectivity index (χ0) is 23.6. The molecule has 0 bridgehead atoms. The number of nitrogens with zero attached hydrogens (tertiary/aromatic N) is 2. The van der Waals surface area contributed by atoms with Crippen LogP contribution in [0.15, 0.2) is 46.9 Å². The molecule has 0 radical (unpaired) electrons.